The van der Waals surface area contributed by atoms with E-state index in [4.69, 9.17) is 15.9 Å². The van der Waals surface area contributed by atoms with Gasteiger partial charge < -0.3 is 20.8 Å². The summed E-state index contributed by atoms with van der Waals surface area (Å²) >= 11 is 0. The molecule has 9 nitrogen and oxygen atoms in total. The largest absolute Gasteiger partial charge is 0.463 e. The Balaban J connectivity index is 0.00000240. The third-order valence-electron chi connectivity index (χ3n) is 5.33. The molecule has 1 aliphatic rings. The molecule has 0 radical (unpaired) electrons. The Bertz CT molecular complexity index is 1060. The molecule has 4 rings (SSSR count). The van der Waals surface area contributed by atoms with Gasteiger partial charge in [0.25, 0.3) is 11.8 Å². The van der Waals surface area contributed by atoms with E-state index in [1.165, 1.54) is 17.0 Å². The maximum absolute atomic E-state index is 13.4. The average Bonchev–Trinajstić information content (AvgIpc) is 3.31. The molecule has 1 aliphatic heterocycles. The molecule has 0 aromatic carbocycles. The first kappa shape index (κ1) is 20.8. The summed E-state index contributed by atoms with van der Waals surface area (Å²) in [4.78, 5) is 35.4. The van der Waals surface area contributed by atoms with Crippen molar-refractivity contribution in [2.45, 2.75) is 26.3 Å². The lowest BCUT2D eigenvalue weighted by Crippen LogP contribution is -2.54. The zero-order chi connectivity index (χ0) is 20.1. The molecule has 154 valence electrons. The number of carbonyl (C=O) groups excluding carboxylic acids is 2. The number of fused-ring (bicyclic) bond motifs is 1. The van der Waals surface area contributed by atoms with Gasteiger partial charge in [0.2, 0.25) is 0 Å². The molecule has 1 fully saturated rings. The Morgan fingerprint density at radius 1 is 1.34 bits per heavy atom. The molecule has 0 saturated carbocycles. The van der Waals surface area contributed by atoms with Crippen LogP contribution >= 0.6 is 12.4 Å². The number of hydrogen-bond donors (Lipinski definition) is 2. The average molecular weight is 419 g/mol. The Hall–Kier alpha value is -2.91. The van der Waals surface area contributed by atoms with E-state index in [0.717, 1.165) is 0 Å². The Morgan fingerprint density at radius 3 is 2.72 bits per heavy atom. The van der Waals surface area contributed by atoms with Gasteiger partial charge in [-0.05, 0) is 30.0 Å². The fourth-order valence-corrected chi connectivity index (χ4v) is 3.57. The highest BCUT2D eigenvalue weighted by atomic mass is 35.5. The number of likely N-dealkylation sites (tertiary alicyclic amines) is 1. The molecular formula is C19H23ClN6O3. The van der Waals surface area contributed by atoms with Gasteiger partial charge in [-0.15, -0.1) is 12.4 Å². The summed E-state index contributed by atoms with van der Waals surface area (Å²) in [7, 11) is 0. The maximum atomic E-state index is 13.4. The molecule has 0 spiro atoms. The van der Waals surface area contributed by atoms with Crippen LogP contribution in [0.1, 0.15) is 41.2 Å². The van der Waals surface area contributed by atoms with Crippen molar-refractivity contribution in [3.05, 3.63) is 42.2 Å². The number of amides is 2. The van der Waals surface area contributed by atoms with Crippen molar-refractivity contribution in [1.29, 1.82) is 0 Å². The Kier molecular flexibility index (Phi) is 5.38. The molecule has 1 atom stereocenters. The zero-order valence-electron chi connectivity index (χ0n) is 16.2. The number of halogens is 1. The molecule has 1 saturated heterocycles. The highest BCUT2D eigenvalue weighted by molar-refractivity contribution is 5.99. The van der Waals surface area contributed by atoms with E-state index in [0.29, 0.717) is 36.7 Å². The smallest absolute Gasteiger partial charge is 0.271 e. The van der Waals surface area contributed by atoms with Crippen LogP contribution in [0.25, 0.3) is 17.1 Å². The number of primary amides is 1. The van der Waals surface area contributed by atoms with Gasteiger partial charge in [0.05, 0.1) is 6.26 Å². The summed E-state index contributed by atoms with van der Waals surface area (Å²) < 4.78 is 6.92. The fourth-order valence-electron chi connectivity index (χ4n) is 3.57. The lowest BCUT2D eigenvalue weighted by Gasteiger charge is -2.42. The molecule has 29 heavy (non-hydrogen) atoms. The summed E-state index contributed by atoms with van der Waals surface area (Å²) in [6, 6.07) is 5.13. The van der Waals surface area contributed by atoms with Crippen LogP contribution in [0.5, 0.6) is 0 Å². The second-order valence-electron chi connectivity index (χ2n) is 7.77. The summed E-state index contributed by atoms with van der Waals surface area (Å²) in [6.07, 6.45) is 3.62. The third kappa shape index (κ3) is 3.58. The first-order chi connectivity index (χ1) is 13.3. The Morgan fingerprint density at radius 2 is 2.10 bits per heavy atom. The van der Waals surface area contributed by atoms with E-state index < -0.39 is 5.91 Å². The van der Waals surface area contributed by atoms with Crippen LogP contribution in [0.15, 0.2) is 35.2 Å². The van der Waals surface area contributed by atoms with E-state index in [2.05, 4.69) is 23.8 Å². The molecular weight excluding hydrogens is 396 g/mol. The second kappa shape index (κ2) is 7.49. The number of aromatic nitrogens is 3. The molecule has 10 heteroatoms. The van der Waals surface area contributed by atoms with Crippen LogP contribution in [0.4, 0.5) is 0 Å². The molecule has 3 aromatic rings. The van der Waals surface area contributed by atoms with Crippen molar-refractivity contribution in [2.24, 2.45) is 16.9 Å². The molecule has 0 bridgehead atoms. The van der Waals surface area contributed by atoms with Crippen molar-refractivity contribution in [1.82, 2.24) is 19.3 Å². The lowest BCUT2D eigenvalue weighted by molar-refractivity contribution is 0.0525. The topological polar surface area (TPSA) is 133 Å². The monoisotopic (exact) mass is 418 g/mol. The quantitative estimate of drug-likeness (QED) is 0.665. The van der Waals surface area contributed by atoms with Crippen molar-refractivity contribution >= 4 is 29.9 Å². The van der Waals surface area contributed by atoms with E-state index in [1.807, 2.05) is 0 Å². The molecule has 2 amide bonds. The lowest BCUT2D eigenvalue weighted by atomic mass is 9.79. The molecule has 3 aromatic heterocycles. The van der Waals surface area contributed by atoms with Crippen LogP contribution in [0.3, 0.4) is 0 Å². The predicted octanol–water partition coefficient (Wildman–Crippen LogP) is 1.71. The number of nitrogens with zero attached hydrogens (tertiary/aromatic N) is 4. The third-order valence-corrected chi connectivity index (χ3v) is 5.33. The number of carbonyl (C=O) groups is 2. The number of imidazole rings is 1. The molecule has 0 aliphatic carbocycles. The number of nitrogens with two attached hydrogens (primary N) is 2. The summed E-state index contributed by atoms with van der Waals surface area (Å²) in [5, 5.41) is 0. The maximum Gasteiger partial charge on any atom is 0.271 e. The first-order valence-electron chi connectivity index (χ1n) is 9.04. The standard InChI is InChI=1S/C19H22N6O3.ClH/c1-19(2)9-24(6-5-14(19)20)18(27)12-8-11(13-4-3-7-28-13)23-17-15(16(21)26)22-10-25(12)17;/h3-4,7-8,10,14H,5-6,9,20H2,1-2H3,(H2,21,26);1H. The minimum Gasteiger partial charge on any atom is -0.463 e. The van der Waals surface area contributed by atoms with Gasteiger partial charge >= 0.3 is 0 Å². The van der Waals surface area contributed by atoms with Crippen LogP contribution in [-0.4, -0.2) is 50.2 Å². The van der Waals surface area contributed by atoms with Gasteiger partial charge in [-0.2, -0.15) is 0 Å². The number of furan rings is 1. The normalized spacial score (nSPS) is 18.4. The molecule has 4 heterocycles. The highest BCUT2D eigenvalue weighted by Crippen LogP contribution is 2.29. The minimum atomic E-state index is -0.713. The summed E-state index contributed by atoms with van der Waals surface area (Å²) in [5.41, 5.74) is 12.4. The SMILES string of the molecule is CC1(C)CN(C(=O)c2cc(-c3ccco3)nc3c(C(N)=O)ncn23)CCC1N.Cl. The summed E-state index contributed by atoms with van der Waals surface area (Å²) in [5.74, 6) is -0.419. The molecule has 1 unspecified atom stereocenters. The Labute approximate surface area is 173 Å². The number of rotatable bonds is 3. The van der Waals surface area contributed by atoms with Gasteiger partial charge in [-0.25, -0.2) is 9.97 Å². The van der Waals surface area contributed by atoms with Gasteiger partial charge in [0.15, 0.2) is 17.1 Å². The van der Waals surface area contributed by atoms with E-state index in [-0.39, 0.29) is 41.1 Å². The van der Waals surface area contributed by atoms with Gasteiger partial charge in [-0.1, -0.05) is 13.8 Å². The summed E-state index contributed by atoms with van der Waals surface area (Å²) in [6.45, 7) is 5.19. The van der Waals surface area contributed by atoms with Crippen LogP contribution in [0.2, 0.25) is 0 Å². The first-order valence-corrected chi connectivity index (χ1v) is 9.04. The van der Waals surface area contributed by atoms with Crippen molar-refractivity contribution in [3.8, 4) is 11.5 Å². The van der Waals surface area contributed by atoms with Crippen molar-refractivity contribution in [2.75, 3.05) is 13.1 Å². The zero-order valence-corrected chi connectivity index (χ0v) is 17.0. The van der Waals surface area contributed by atoms with E-state index >= 15 is 0 Å². The predicted molar refractivity (Wildman–Crippen MR) is 109 cm³/mol. The van der Waals surface area contributed by atoms with Crippen molar-refractivity contribution in [3.63, 3.8) is 0 Å². The highest BCUT2D eigenvalue weighted by Gasteiger charge is 2.36. The van der Waals surface area contributed by atoms with E-state index in [9.17, 15) is 9.59 Å². The fraction of sp³-hybridized carbons (Fsp3) is 0.368. The van der Waals surface area contributed by atoms with Gasteiger partial charge in [0.1, 0.15) is 17.7 Å². The van der Waals surface area contributed by atoms with Gasteiger partial charge in [-0.3, -0.25) is 14.0 Å². The van der Waals surface area contributed by atoms with Crippen LogP contribution in [0, 0.1) is 5.41 Å². The number of piperidine rings is 1. The van der Waals surface area contributed by atoms with E-state index in [1.54, 1.807) is 23.1 Å². The molecule has 4 N–H and O–H groups in total. The van der Waals surface area contributed by atoms with Crippen LogP contribution in [-0.2, 0) is 0 Å². The van der Waals surface area contributed by atoms with Gasteiger partial charge in [0, 0.05) is 19.1 Å². The van der Waals surface area contributed by atoms with Crippen molar-refractivity contribution < 1.29 is 14.0 Å². The minimum absolute atomic E-state index is 0. The second-order valence-corrected chi connectivity index (χ2v) is 7.77. The van der Waals surface area contributed by atoms with Crippen LogP contribution < -0.4 is 11.5 Å². The number of hydrogen-bond acceptors (Lipinski definition) is 6.